The largest absolute Gasteiger partial charge is 0.375 e. The number of rotatable bonds is 10. The van der Waals surface area contributed by atoms with Crippen molar-refractivity contribution in [3.63, 3.8) is 0 Å². The molecule has 0 saturated carbocycles. The smallest absolute Gasteiger partial charge is 0.283 e. The maximum atomic E-state index is 13.3. The van der Waals surface area contributed by atoms with Gasteiger partial charge < -0.3 is 20.3 Å². The molecule has 238 valence electrons. The highest BCUT2D eigenvalue weighted by atomic mass is 19.1. The number of pyridine rings is 1. The van der Waals surface area contributed by atoms with E-state index < -0.39 is 11.7 Å². The Balaban J connectivity index is 1.30. The van der Waals surface area contributed by atoms with Gasteiger partial charge in [-0.25, -0.2) is 4.39 Å². The van der Waals surface area contributed by atoms with Gasteiger partial charge in [-0.1, -0.05) is 50.8 Å². The van der Waals surface area contributed by atoms with E-state index in [9.17, 15) is 9.18 Å². The minimum Gasteiger partial charge on any atom is -0.375 e. The molecule has 5 aromatic rings. The van der Waals surface area contributed by atoms with E-state index in [2.05, 4.69) is 61.0 Å². The van der Waals surface area contributed by atoms with Crippen molar-refractivity contribution >= 4 is 39.9 Å². The first-order chi connectivity index (χ1) is 22.2. The number of carbonyl (C=O) groups is 1. The summed E-state index contributed by atoms with van der Waals surface area (Å²) < 4.78 is 21.1. The van der Waals surface area contributed by atoms with Gasteiger partial charge in [0.1, 0.15) is 0 Å². The summed E-state index contributed by atoms with van der Waals surface area (Å²) in [5.41, 5.74) is 5.11. The molecule has 1 aliphatic heterocycles. The molecule has 2 N–H and O–H groups in total. The molecule has 1 amide bonds. The van der Waals surface area contributed by atoms with Crippen LogP contribution in [0.25, 0.3) is 27.7 Å². The molecule has 4 heterocycles. The van der Waals surface area contributed by atoms with E-state index in [0.717, 1.165) is 64.7 Å². The van der Waals surface area contributed by atoms with E-state index in [-0.39, 0.29) is 18.1 Å². The van der Waals surface area contributed by atoms with Crippen LogP contribution in [0.15, 0.2) is 73.3 Å². The maximum Gasteiger partial charge on any atom is 0.283 e. The lowest BCUT2D eigenvalue weighted by molar-refractivity contribution is -0.114. The molecule has 1 fully saturated rings. The second-order valence-electron chi connectivity index (χ2n) is 12.2. The molecular weight excluding hydrogens is 583 g/mol. The van der Waals surface area contributed by atoms with Crippen molar-refractivity contribution in [2.75, 3.05) is 28.6 Å². The first kappa shape index (κ1) is 31.1. The normalized spacial score (nSPS) is 14.0. The number of carbonyl (C=O) groups excluding carboxylic acids is 1. The average Bonchev–Trinajstić information content (AvgIpc) is 3.48. The van der Waals surface area contributed by atoms with Crippen molar-refractivity contribution in [1.82, 2.24) is 24.6 Å². The Kier molecular flexibility index (Phi) is 8.94. The van der Waals surface area contributed by atoms with Gasteiger partial charge in [-0.05, 0) is 61.8 Å². The quantitative estimate of drug-likeness (QED) is 0.162. The summed E-state index contributed by atoms with van der Waals surface area (Å²) in [6.45, 7) is 13.6. The number of piperidine rings is 1. The molecule has 2 aromatic carbocycles. The molecule has 3 aromatic heterocycles. The second-order valence-corrected chi connectivity index (χ2v) is 12.2. The number of ether oxygens (including phenoxy) is 1. The van der Waals surface area contributed by atoms with Crippen molar-refractivity contribution in [3.05, 3.63) is 84.5 Å². The summed E-state index contributed by atoms with van der Waals surface area (Å²) in [5, 5.41) is 12.5. The monoisotopic (exact) mass is 622 g/mol. The molecule has 6 rings (SSSR count). The number of benzene rings is 2. The van der Waals surface area contributed by atoms with Crippen LogP contribution in [0, 0.1) is 0 Å². The fourth-order valence-corrected chi connectivity index (χ4v) is 5.87. The average molecular weight is 623 g/mol. The second kappa shape index (κ2) is 13.2. The predicted octanol–water partition coefficient (Wildman–Crippen LogP) is 6.89. The zero-order valence-electron chi connectivity index (χ0n) is 26.6. The third-order valence-corrected chi connectivity index (χ3v) is 8.17. The van der Waals surface area contributed by atoms with Crippen molar-refractivity contribution in [3.8, 4) is 11.3 Å². The molecule has 0 unspecified atom stereocenters. The Bertz CT molecular complexity index is 1900. The van der Waals surface area contributed by atoms with Gasteiger partial charge in [0.2, 0.25) is 11.9 Å². The summed E-state index contributed by atoms with van der Waals surface area (Å²) in [6.07, 6.45) is 5.92. The molecule has 1 aliphatic rings. The summed E-state index contributed by atoms with van der Waals surface area (Å²) in [6, 6.07) is 15.3. The minimum absolute atomic E-state index is 0.209. The Morgan fingerprint density at radius 1 is 1.09 bits per heavy atom. The van der Waals surface area contributed by atoms with Crippen LogP contribution in [0.4, 0.5) is 22.0 Å². The number of hydrogen-bond acceptors (Lipinski definition) is 8. The van der Waals surface area contributed by atoms with Crippen LogP contribution in [0.3, 0.4) is 0 Å². The lowest BCUT2D eigenvalue weighted by Crippen LogP contribution is -2.39. The van der Waals surface area contributed by atoms with Crippen LogP contribution in [0.1, 0.15) is 57.6 Å². The van der Waals surface area contributed by atoms with Crippen LogP contribution in [0.2, 0.25) is 0 Å². The molecular formula is C35H39FN8O2. The van der Waals surface area contributed by atoms with E-state index in [1.165, 1.54) is 0 Å². The first-order valence-electron chi connectivity index (χ1n) is 15.7. The molecule has 0 aliphatic carbocycles. The molecule has 1 saturated heterocycles. The first-order valence-corrected chi connectivity index (χ1v) is 15.7. The Labute approximate surface area is 267 Å². The van der Waals surface area contributed by atoms with E-state index in [0.29, 0.717) is 24.1 Å². The highest BCUT2D eigenvalue weighted by Crippen LogP contribution is 2.32. The fourth-order valence-electron chi connectivity index (χ4n) is 5.87. The van der Waals surface area contributed by atoms with Gasteiger partial charge in [-0.15, -0.1) is 0 Å². The third kappa shape index (κ3) is 6.55. The van der Waals surface area contributed by atoms with Gasteiger partial charge in [0.15, 0.2) is 11.5 Å². The predicted molar refractivity (Wildman–Crippen MR) is 180 cm³/mol. The minimum atomic E-state index is -1.04. The van der Waals surface area contributed by atoms with Gasteiger partial charge in [-0.3, -0.25) is 9.78 Å². The molecule has 0 bridgehead atoms. The van der Waals surface area contributed by atoms with Crippen molar-refractivity contribution < 1.29 is 13.9 Å². The molecule has 0 spiro atoms. The number of aromatic nitrogens is 5. The Hall–Kier alpha value is -4.90. The summed E-state index contributed by atoms with van der Waals surface area (Å²) in [7, 11) is 0. The lowest BCUT2D eigenvalue weighted by Gasteiger charge is -2.33. The van der Waals surface area contributed by atoms with E-state index in [4.69, 9.17) is 19.7 Å². The number of nitrogens with zero attached hydrogens (tertiary/aromatic N) is 6. The highest BCUT2D eigenvalue weighted by Gasteiger charge is 2.25. The van der Waals surface area contributed by atoms with E-state index in [1.54, 1.807) is 22.8 Å². The van der Waals surface area contributed by atoms with Gasteiger partial charge >= 0.3 is 0 Å². The maximum absolute atomic E-state index is 13.3. The molecule has 10 nitrogen and oxygen atoms in total. The number of nitrogens with one attached hydrogen (secondary N) is 2. The summed E-state index contributed by atoms with van der Waals surface area (Å²) >= 11 is 0. The van der Waals surface area contributed by atoms with E-state index >= 15 is 0 Å². The topological polar surface area (TPSA) is 110 Å². The number of anilines is 3. The number of fused-ring (bicyclic) bond motifs is 2. The molecule has 46 heavy (non-hydrogen) atoms. The number of hydrogen-bond donors (Lipinski definition) is 2. The Morgan fingerprint density at radius 3 is 2.61 bits per heavy atom. The van der Waals surface area contributed by atoms with Crippen LogP contribution < -0.4 is 15.5 Å². The van der Waals surface area contributed by atoms with Gasteiger partial charge in [0.05, 0.1) is 24.1 Å². The van der Waals surface area contributed by atoms with Crippen molar-refractivity contribution in [2.24, 2.45) is 0 Å². The fraction of sp³-hybridized carbons (Fsp3) is 0.343. The van der Waals surface area contributed by atoms with Crippen molar-refractivity contribution in [2.45, 2.75) is 65.2 Å². The number of amides is 1. The van der Waals surface area contributed by atoms with Crippen LogP contribution >= 0.6 is 0 Å². The molecule has 0 radical (unpaired) electrons. The van der Waals surface area contributed by atoms with Gasteiger partial charge in [0.25, 0.3) is 5.91 Å². The zero-order chi connectivity index (χ0) is 32.4. The standard InChI is InChI=1S/C35H39FN8O2/c1-21(2)30-20-39-44-32(30)41-35(43-16-13-27(14-17-43)46-22(3)4)42-34(44)38-19-25-8-6-7-9-28(25)31-29-11-10-26(40-33(45)23(5)36)18-24(29)12-15-37-31/h6-12,15,18,20-22,27H,5,13-14,16-17,19H2,1-4H3,(H,40,45)(H,38,41,42). The third-order valence-electron chi connectivity index (χ3n) is 8.17. The SMILES string of the molecule is C=C(F)C(=O)Nc1ccc2c(-c3ccccc3CNc3nc(N4CCC(OC(C)C)CC4)nc4c(C(C)C)cnn34)nccc2c1. The molecule has 11 heteroatoms. The van der Waals surface area contributed by atoms with E-state index in [1.807, 2.05) is 36.5 Å². The molecule has 0 atom stereocenters. The van der Waals surface area contributed by atoms with Crippen molar-refractivity contribution in [1.29, 1.82) is 0 Å². The lowest BCUT2D eigenvalue weighted by atomic mass is 9.99. The highest BCUT2D eigenvalue weighted by molar-refractivity contribution is 6.04. The van der Waals surface area contributed by atoms with Crippen LogP contribution in [0.5, 0.6) is 0 Å². The van der Waals surface area contributed by atoms with Crippen LogP contribution in [-0.2, 0) is 16.1 Å². The summed E-state index contributed by atoms with van der Waals surface area (Å²) in [4.78, 5) is 28.7. The zero-order valence-corrected chi connectivity index (χ0v) is 26.6. The summed E-state index contributed by atoms with van der Waals surface area (Å²) in [5.74, 6) is -0.358. The number of halogens is 1. The van der Waals surface area contributed by atoms with Gasteiger partial charge in [-0.2, -0.15) is 19.6 Å². The Morgan fingerprint density at radius 2 is 1.87 bits per heavy atom. The van der Waals surface area contributed by atoms with Gasteiger partial charge in [0, 0.05) is 48.0 Å². The van der Waals surface area contributed by atoms with Crippen LogP contribution in [-0.4, -0.2) is 55.8 Å².